The third-order valence-corrected chi connectivity index (χ3v) is 5.47. The van der Waals surface area contributed by atoms with Crippen LogP contribution in [0.4, 0.5) is 0 Å². The number of halogens is 1. The Labute approximate surface area is 182 Å². The van der Waals surface area contributed by atoms with Crippen LogP contribution in [0.5, 0.6) is 28.7 Å². The van der Waals surface area contributed by atoms with Gasteiger partial charge in [0.15, 0.2) is 23.0 Å². The molecule has 2 aliphatic heterocycles. The number of hydrogen-bond acceptors (Lipinski definition) is 7. The maximum atomic E-state index is 9.81. The average molecular weight is 506 g/mol. The fourth-order valence-corrected chi connectivity index (χ4v) is 4.27. The summed E-state index contributed by atoms with van der Waals surface area (Å²) in [5, 5.41) is 9.81. The summed E-state index contributed by atoms with van der Waals surface area (Å²) in [6.07, 6.45) is 0. The SMILES string of the molecule is CCOc1cc([C@H]2C(C#N)=C(N)Oc3cc4c(cc32)OCO4)cc(I)c1OCC. The summed E-state index contributed by atoms with van der Waals surface area (Å²) in [5.41, 5.74) is 8.06. The van der Waals surface area contributed by atoms with Gasteiger partial charge in [0.2, 0.25) is 12.7 Å². The Morgan fingerprint density at radius 2 is 1.83 bits per heavy atom. The smallest absolute Gasteiger partial charge is 0.231 e. The molecule has 2 aliphatic rings. The van der Waals surface area contributed by atoms with Crippen LogP contribution in [0.15, 0.2) is 35.7 Å². The lowest BCUT2D eigenvalue weighted by Gasteiger charge is -2.27. The molecular formula is C21H19IN2O5. The highest BCUT2D eigenvalue weighted by Crippen LogP contribution is 2.49. The van der Waals surface area contributed by atoms with Crippen LogP contribution in [0, 0.1) is 14.9 Å². The predicted octanol–water partition coefficient (Wildman–Crippen LogP) is 4.04. The number of allylic oxidation sites excluding steroid dienone is 1. The number of nitriles is 1. The van der Waals surface area contributed by atoms with Gasteiger partial charge in [-0.3, -0.25) is 0 Å². The summed E-state index contributed by atoms with van der Waals surface area (Å²) in [4.78, 5) is 0. The largest absolute Gasteiger partial charge is 0.490 e. The second-order valence-corrected chi connectivity index (χ2v) is 7.53. The highest BCUT2D eigenvalue weighted by molar-refractivity contribution is 14.1. The van der Waals surface area contributed by atoms with Crippen LogP contribution in [0.1, 0.15) is 30.9 Å². The molecule has 0 aliphatic carbocycles. The van der Waals surface area contributed by atoms with Gasteiger partial charge < -0.3 is 29.4 Å². The molecule has 0 saturated carbocycles. The second kappa shape index (κ2) is 7.91. The molecule has 29 heavy (non-hydrogen) atoms. The Kier molecular flexibility index (Phi) is 5.32. The first-order valence-corrected chi connectivity index (χ1v) is 10.2. The molecule has 4 rings (SSSR count). The lowest BCUT2D eigenvalue weighted by atomic mass is 9.83. The molecule has 0 unspecified atom stereocenters. The molecule has 2 aromatic rings. The number of hydrogen-bond donors (Lipinski definition) is 1. The summed E-state index contributed by atoms with van der Waals surface area (Å²) in [7, 11) is 0. The molecule has 0 saturated heterocycles. The summed E-state index contributed by atoms with van der Waals surface area (Å²) >= 11 is 2.21. The summed E-state index contributed by atoms with van der Waals surface area (Å²) in [6, 6.07) is 9.66. The average Bonchev–Trinajstić information content (AvgIpc) is 3.15. The van der Waals surface area contributed by atoms with Crippen molar-refractivity contribution in [1.82, 2.24) is 0 Å². The number of rotatable bonds is 5. The van der Waals surface area contributed by atoms with E-state index in [1.807, 2.05) is 32.0 Å². The van der Waals surface area contributed by atoms with Gasteiger partial charge in [0, 0.05) is 11.6 Å². The number of benzene rings is 2. The van der Waals surface area contributed by atoms with Crippen LogP contribution in [-0.4, -0.2) is 20.0 Å². The minimum absolute atomic E-state index is 0.0747. The van der Waals surface area contributed by atoms with Crippen LogP contribution in [0.3, 0.4) is 0 Å². The standard InChI is InChI=1S/C21H19IN2O5/c1-3-25-18-6-11(5-14(22)20(18)26-4-2)19-12-7-16-17(28-10-27-16)8-15(12)29-21(24)13(19)9-23/h5-8,19H,3-4,10,24H2,1-2H3/t19-/m1/s1. The van der Waals surface area contributed by atoms with Crippen LogP contribution in [-0.2, 0) is 0 Å². The molecule has 2 N–H and O–H groups in total. The lowest BCUT2D eigenvalue weighted by molar-refractivity contribution is 0.174. The number of nitrogens with two attached hydrogens (primary N) is 1. The fraction of sp³-hybridized carbons (Fsp3) is 0.286. The Morgan fingerprint density at radius 3 is 2.52 bits per heavy atom. The van der Waals surface area contributed by atoms with Gasteiger partial charge in [0.25, 0.3) is 0 Å². The van der Waals surface area contributed by atoms with Crippen molar-refractivity contribution >= 4 is 22.6 Å². The molecule has 150 valence electrons. The molecule has 2 heterocycles. The van der Waals surface area contributed by atoms with Crippen molar-refractivity contribution in [3.63, 3.8) is 0 Å². The molecule has 0 spiro atoms. The summed E-state index contributed by atoms with van der Waals surface area (Å²) in [6.45, 7) is 5.00. The molecule has 0 amide bonds. The molecule has 0 fully saturated rings. The minimum Gasteiger partial charge on any atom is -0.490 e. The van der Waals surface area contributed by atoms with Crippen molar-refractivity contribution in [2.24, 2.45) is 5.73 Å². The van der Waals surface area contributed by atoms with Gasteiger partial charge in [-0.15, -0.1) is 0 Å². The number of ether oxygens (including phenoxy) is 5. The maximum Gasteiger partial charge on any atom is 0.231 e. The van der Waals surface area contributed by atoms with Crippen molar-refractivity contribution in [3.05, 3.63) is 50.4 Å². The minimum atomic E-state index is -0.429. The van der Waals surface area contributed by atoms with Gasteiger partial charge in [-0.25, -0.2) is 0 Å². The van der Waals surface area contributed by atoms with E-state index in [-0.39, 0.29) is 12.7 Å². The first-order valence-electron chi connectivity index (χ1n) is 9.17. The third kappa shape index (κ3) is 3.40. The predicted molar refractivity (Wildman–Crippen MR) is 113 cm³/mol. The van der Waals surface area contributed by atoms with Gasteiger partial charge in [-0.05, 0) is 60.2 Å². The second-order valence-electron chi connectivity index (χ2n) is 6.36. The van der Waals surface area contributed by atoms with Gasteiger partial charge in [-0.2, -0.15) is 5.26 Å². The van der Waals surface area contributed by atoms with Gasteiger partial charge in [-0.1, -0.05) is 0 Å². The number of nitrogens with zero attached hydrogens (tertiary/aromatic N) is 1. The normalized spacial score (nSPS) is 16.7. The molecule has 7 nitrogen and oxygen atoms in total. The van der Waals surface area contributed by atoms with Crippen molar-refractivity contribution in [2.45, 2.75) is 19.8 Å². The van der Waals surface area contributed by atoms with Crippen LogP contribution >= 0.6 is 22.6 Å². The van der Waals surface area contributed by atoms with Gasteiger partial charge >= 0.3 is 0 Å². The molecule has 8 heteroatoms. The zero-order valence-corrected chi connectivity index (χ0v) is 18.1. The van der Waals surface area contributed by atoms with E-state index in [4.69, 9.17) is 29.4 Å². The van der Waals surface area contributed by atoms with Gasteiger partial charge in [0.05, 0.1) is 22.7 Å². The monoisotopic (exact) mass is 506 g/mol. The third-order valence-electron chi connectivity index (χ3n) is 4.66. The first kappa shape index (κ1) is 19.5. The van der Waals surface area contributed by atoms with Crippen molar-refractivity contribution in [1.29, 1.82) is 5.26 Å². The Balaban J connectivity index is 1.90. The van der Waals surface area contributed by atoms with Crippen molar-refractivity contribution in [3.8, 4) is 34.8 Å². The zero-order valence-electron chi connectivity index (χ0n) is 16.0. The van der Waals surface area contributed by atoms with E-state index in [1.165, 1.54) is 0 Å². The zero-order chi connectivity index (χ0) is 20.5. The van der Waals surface area contributed by atoms with E-state index < -0.39 is 5.92 Å². The van der Waals surface area contributed by atoms with E-state index in [9.17, 15) is 5.26 Å². The fourth-order valence-electron chi connectivity index (χ4n) is 3.49. The van der Waals surface area contributed by atoms with Crippen LogP contribution in [0.2, 0.25) is 0 Å². The molecule has 0 bridgehead atoms. The van der Waals surface area contributed by atoms with E-state index in [1.54, 1.807) is 6.07 Å². The van der Waals surface area contributed by atoms with Crippen molar-refractivity contribution < 1.29 is 23.7 Å². The highest BCUT2D eigenvalue weighted by atomic mass is 127. The molecule has 0 radical (unpaired) electrons. The van der Waals surface area contributed by atoms with E-state index in [0.717, 1.165) is 14.7 Å². The lowest BCUT2D eigenvalue weighted by Crippen LogP contribution is -2.21. The Hall–Kier alpha value is -2.80. The molecular weight excluding hydrogens is 487 g/mol. The van der Waals surface area contributed by atoms with E-state index in [0.29, 0.717) is 47.5 Å². The topological polar surface area (TPSA) is 96.0 Å². The van der Waals surface area contributed by atoms with E-state index >= 15 is 0 Å². The van der Waals surface area contributed by atoms with Crippen LogP contribution < -0.4 is 29.4 Å². The number of fused-ring (bicyclic) bond motifs is 2. The first-order chi connectivity index (χ1) is 14.1. The molecule has 0 aromatic heterocycles. The maximum absolute atomic E-state index is 9.81. The Morgan fingerprint density at radius 1 is 1.10 bits per heavy atom. The van der Waals surface area contributed by atoms with E-state index in [2.05, 4.69) is 28.7 Å². The highest BCUT2D eigenvalue weighted by Gasteiger charge is 2.34. The summed E-state index contributed by atoms with van der Waals surface area (Å²) < 4.78 is 29.2. The van der Waals surface area contributed by atoms with Gasteiger partial charge in [0.1, 0.15) is 17.4 Å². The molecule has 1 atom stereocenters. The summed E-state index contributed by atoms with van der Waals surface area (Å²) in [5.74, 6) is 2.70. The Bertz CT molecular complexity index is 1040. The van der Waals surface area contributed by atoms with Crippen molar-refractivity contribution in [2.75, 3.05) is 20.0 Å². The quantitative estimate of drug-likeness (QED) is 0.612. The molecule has 2 aromatic carbocycles. The van der Waals surface area contributed by atoms with Crippen LogP contribution in [0.25, 0.3) is 0 Å².